The summed E-state index contributed by atoms with van der Waals surface area (Å²) in [6.45, 7) is 5.26. The minimum atomic E-state index is -3.88. The first-order valence-electron chi connectivity index (χ1n) is 8.46. The third-order valence-corrected chi connectivity index (χ3v) is 5.71. The molecule has 138 valence electrons. The number of hydrogen-bond acceptors (Lipinski definition) is 4. The second kappa shape index (κ2) is 7.32. The highest BCUT2D eigenvalue weighted by Gasteiger charge is 2.24. The van der Waals surface area contributed by atoms with E-state index in [0.29, 0.717) is 16.8 Å². The Labute approximate surface area is 159 Å². The van der Waals surface area contributed by atoms with Crippen molar-refractivity contribution >= 4 is 27.2 Å². The number of nitrogens with one attached hydrogen (secondary N) is 1. The van der Waals surface area contributed by atoms with E-state index in [1.54, 1.807) is 26.0 Å². The molecule has 5 nitrogen and oxygen atoms in total. The van der Waals surface area contributed by atoms with Crippen molar-refractivity contribution in [1.29, 1.82) is 0 Å². The molecule has 0 spiro atoms. The van der Waals surface area contributed by atoms with Crippen LogP contribution < -0.4 is 5.32 Å². The number of para-hydroxylation sites is 1. The molecular weight excluding hydrogens is 360 g/mol. The topological polar surface area (TPSA) is 75.6 Å². The van der Waals surface area contributed by atoms with E-state index < -0.39 is 10.0 Å². The summed E-state index contributed by atoms with van der Waals surface area (Å²) in [6.07, 6.45) is 1.49. The van der Waals surface area contributed by atoms with E-state index in [0.717, 1.165) is 11.3 Å². The summed E-state index contributed by atoms with van der Waals surface area (Å²) < 4.78 is 29.3. The zero-order valence-electron chi connectivity index (χ0n) is 15.4. The van der Waals surface area contributed by atoms with Crippen LogP contribution in [0.25, 0.3) is 0 Å². The number of Topliss-reactive ketones (excluding diaryl/α,β-unsaturated/α-hetero) is 1. The van der Waals surface area contributed by atoms with Crippen molar-refractivity contribution in [3.05, 3.63) is 83.1 Å². The van der Waals surface area contributed by atoms with Crippen LogP contribution in [0.2, 0.25) is 0 Å². The molecule has 0 heterocycles. The molecule has 2 aromatic rings. The van der Waals surface area contributed by atoms with Crippen molar-refractivity contribution in [3.8, 4) is 0 Å². The Morgan fingerprint density at radius 1 is 0.852 bits per heavy atom. The van der Waals surface area contributed by atoms with Crippen molar-refractivity contribution in [2.75, 3.05) is 5.32 Å². The molecule has 1 N–H and O–H groups in total. The number of benzene rings is 2. The van der Waals surface area contributed by atoms with Crippen molar-refractivity contribution in [2.24, 2.45) is 4.40 Å². The molecule has 0 fully saturated rings. The van der Waals surface area contributed by atoms with Gasteiger partial charge in [0.15, 0.2) is 0 Å². The van der Waals surface area contributed by atoms with Gasteiger partial charge in [-0.15, -0.1) is 0 Å². The highest BCUT2D eigenvalue weighted by Crippen LogP contribution is 2.23. The standard InChI is InChI=1S/C21H20N2O3S/c1-14-9-11-18(12-10-14)27(25,26)23-19-13-20(21(24)16(3)15(19)2)22-17-7-5-4-6-8-17/h4-13,22H,1-3H3. The Morgan fingerprint density at radius 2 is 1.48 bits per heavy atom. The van der Waals surface area contributed by atoms with Gasteiger partial charge in [0.1, 0.15) is 0 Å². The molecule has 3 rings (SSSR count). The molecule has 0 atom stereocenters. The molecular formula is C21H20N2O3S. The van der Waals surface area contributed by atoms with Crippen LogP contribution in [-0.4, -0.2) is 19.9 Å². The van der Waals surface area contributed by atoms with E-state index in [2.05, 4.69) is 9.71 Å². The minimum absolute atomic E-state index is 0.119. The molecule has 0 bridgehead atoms. The van der Waals surface area contributed by atoms with Gasteiger partial charge in [0, 0.05) is 11.3 Å². The average Bonchev–Trinajstić information content (AvgIpc) is 2.65. The lowest BCUT2D eigenvalue weighted by atomic mass is 9.94. The molecule has 0 amide bonds. The molecule has 2 aromatic carbocycles. The van der Waals surface area contributed by atoms with Crippen molar-refractivity contribution < 1.29 is 13.2 Å². The number of carbonyl (C=O) groups excluding carboxylic acids is 1. The molecule has 1 aliphatic carbocycles. The number of hydrogen-bond donors (Lipinski definition) is 1. The van der Waals surface area contributed by atoms with Crippen LogP contribution in [0, 0.1) is 6.92 Å². The van der Waals surface area contributed by atoms with E-state index >= 15 is 0 Å². The Kier molecular flexibility index (Phi) is 5.10. The third-order valence-electron chi connectivity index (χ3n) is 4.40. The van der Waals surface area contributed by atoms with Gasteiger partial charge in [-0.2, -0.15) is 12.8 Å². The molecule has 0 aromatic heterocycles. The summed E-state index contributed by atoms with van der Waals surface area (Å²) in [5.74, 6) is -0.178. The van der Waals surface area contributed by atoms with E-state index in [9.17, 15) is 13.2 Å². The highest BCUT2D eigenvalue weighted by atomic mass is 32.2. The summed E-state index contributed by atoms with van der Waals surface area (Å²) in [4.78, 5) is 12.7. The number of nitrogens with zero attached hydrogens (tertiary/aromatic N) is 1. The Morgan fingerprint density at radius 3 is 2.11 bits per heavy atom. The number of sulfonamides is 1. The van der Waals surface area contributed by atoms with Crippen LogP contribution in [-0.2, 0) is 14.8 Å². The lowest BCUT2D eigenvalue weighted by Gasteiger charge is -2.18. The maximum atomic E-state index is 12.7. The molecule has 0 radical (unpaired) electrons. The molecule has 0 saturated carbocycles. The lowest BCUT2D eigenvalue weighted by molar-refractivity contribution is -0.112. The van der Waals surface area contributed by atoms with E-state index in [-0.39, 0.29) is 16.4 Å². The van der Waals surface area contributed by atoms with Gasteiger partial charge >= 0.3 is 0 Å². The summed E-state index contributed by atoms with van der Waals surface area (Å²) in [5, 5.41) is 3.05. The summed E-state index contributed by atoms with van der Waals surface area (Å²) in [6, 6.07) is 15.7. The quantitative estimate of drug-likeness (QED) is 0.812. The second-order valence-electron chi connectivity index (χ2n) is 6.39. The van der Waals surface area contributed by atoms with Crippen molar-refractivity contribution in [3.63, 3.8) is 0 Å². The molecule has 27 heavy (non-hydrogen) atoms. The van der Waals surface area contributed by atoms with Crippen LogP contribution in [0.3, 0.4) is 0 Å². The minimum Gasteiger partial charge on any atom is -0.352 e. The van der Waals surface area contributed by atoms with Gasteiger partial charge in [-0.05, 0) is 56.7 Å². The number of anilines is 1. The van der Waals surface area contributed by atoms with Gasteiger partial charge < -0.3 is 5.32 Å². The fourth-order valence-electron chi connectivity index (χ4n) is 2.63. The summed E-state index contributed by atoms with van der Waals surface area (Å²) >= 11 is 0. The van der Waals surface area contributed by atoms with Gasteiger partial charge in [-0.25, -0.2) is 0 Å². The van der Waals surface area contributed by atoms with Crippen LogP contribution in [0.5, 0.6) is 0 Å². The van der Waals surface area contributed by atoms with Crippen LogP contribution in [0.1, 0.15) is 19.4 Å². The Bertz CT molecular complexity index is 1080. The van der Waals surface area contributed by atoms with Crippen LogP contribution in [0.15, 0.2) is 86.8 Å². The van der Waals surface area contributed by atoms with Gasteiger partial charge in [-0.3, -0.25) is 4.79 Å². The predicted molar refractivity (Wildman–Crippen MR) is 107 cm³/mol. The second-order valence-corrected chi connectivity index (χ2v) is 8.00. The normalized spacial score (nSPS) is 16.5. The monoisotopic (exact) mass is 380 g/mol. The van der Waals surface area contributed by atoms with E-state index in [4.69, 9.17) is 0 Å². The SMILES string of the molecule is CC1=C(C)C(=NS(=O)(=O)c2ccc(C)cc2)C=C(Nc2ccccc2)C1=O. The van der Waals surface area contributed by atoms with Crippen molar-refractivity contribution in [1.82, 2.24) is 0 Å². The lowest BCUT2D eigenvalue weighted by Crippen LogP contribution is -2.22. The fraction of sp³-hybridized carbons (Fsp3) is 0.143. The zero-order chi connectivity index (χ0) is 19.6. The van der Waals surface area contributed by atoms with Gasteiger partial charge in [0.2, 0.25) is 5.78 Å². The highest BCUT2D eigenvalue weighted by molar-refractivity contribution is 7.90. The first-order valence-corrected chi connectivity index (χ1v) is 9.90. The fourth-order valence-corrected chi connectivity index (χ4v) is 3.67. The Balaban J connectivity index is 2.02. The smallest absolute Gasteiger partial charge is 0.282 e. The number of ketones is 1. The number of carbonyl (C=O) groups is 1. The molecule has 0 unspecified atom stereocenters. The number of aryl methyl sites for hydroxylation is 1. The maximum Gasteiger partial charge on any atom is 0.282 e. The molecule has 0 saturated heterocycles. The third kappa shape index (κ3) is 4.06. The summed E-state index contributed by atoms with van der Waals surface area (Å²) in [5.41, 5.74) is 3.27. The van der Waals surface area contributed by atoms with Crippen molar-refractivity contribution in [2.45, 2.75) is 25.7 Å². The molecule has 6 heteroatoms. The van der Waals surface area contributed by atoms with Gasteiger partial charge in [-0.1, -0.05) is 35.9 Å². The average molecular weight is 380 g/mol. The van der Waals surface area contributed by atoms with E-state index in [1.165, 1.54) is 18.2 Å². The first-order chi connectivity index (χ1) is 12.8. The zero-order valence-corrected chi connectivity index (χ0v) is 16.2. The molecule has 1 aliphatic rings. The van der Waals surface area contributed by atoms with Crippen LogP contribution >= 0.6 is 0 Å². The molecule has 0 aliphatic heterocycles. The first kappa shape index (κ1) is 18.8. The van der Waals surface area contributed by atoms with Gasteiger partial charge in [0.25, 0.3) is 10.0 Å². The Hall–Kier alpha value is -2.99. The summed E-state index contributed by atoms with van der Waals surface area (Å²) in [7, 11) is -3.88. The van der Waals surface area contributed by atoms with Crippen LogP contribution in [0.4, 0.5) is 5.69 Å². The number of rotatable bonds is 4. The van der Waals surface area contributed by atoms with E-state index in [1.807, 2.05) is 37.3 Å². The van der Waals surface area contributed by atoms with Gasteiger partial charge in [0.05, 0.1) is 16.3 Å². The predicted octanol–water partition coefficient (Wildman–Crippen LogP) is 4.04. The number of allylic oxidation sites excluding steroid dienone is 3. The maximum absolute atomic E-state index is 12.7. The largest absolute Gasteiger partial charge is 0.352 e.